The minimum atomic E-state index is -0.661. The molecule has 1 atom stereocenters. The molecule has 0 saturated carbocycles. The van der Waals surface area contributed by atoms with Crippen LogP contribution >= 0.6 is 11.8 Å². The van der Waals surface area contributed by atoms with Gasteiger partial charge >= 0.3 is 5.97 Å². The van der Waals surface area contributed by atoms with Gasteiger partial charge in [0.1, 0.15) is 0 Å². The van der Waals surface area contributed by atoms with Crippen molar-refractivity contribution in [3.05, 3.63) is 0 Å². The van der Waals surface area contributed by atoms with Gasteiger partial charge in [0.25, 0.3) is 0 Å². The van der Waals surface area contributed by atoms with Crippen LogP contribution in [0, 0.1) is 0 Å². The summed E-state index contributed by atoms with van der Waals surface area (Å²) >= 11 is 2.02. The van der Waals surface area contributed by atoms with E-state index in [1.807, 2.05) is 11.8 Å². The molecule has 0 aromatic rings. The number of carboxylic acids is 1. The van der Waals surface area contributed by atoms with Crippen LogP contribution in [-0.2, 0) is 4.79 Å². The van der Waals surface area contributed by atoms with Crippen LogP contribution in [0.25, 0.3) is 0 Å². The maximum Gasteiger partial charge on any atom is 0.303 e. The summed E-state index contributed by atoms with van der Waals surface area (Å²) in [5.74, 6) is 0.648. The van der Waals surface area contributed by atoms with Crippen molar-refractivity contribution in [2.24, 2.45) is 0 Å². The molecule has 1 N–H and O–H groups in total. The minimum absolute atomic E-state index is 0.345. The average molecular weight is 174 g/mol. The lowest BCUT2D eigenvalue weighted by Crippen LogP contribution is -2.14. The fraction of sp³-hybridized carbons (Fsp3) is 0.875. The van der Waals surface area contributed by atoms with Gasteiger partial charge < -0.3 is 5.11 Å². The van der Waals surface area contributed by atoms with E-state index in [9.17, 15) is 4.79 Å². The molecule has 1 heterocycles. The predicted molar refractivity (Wildman–Crippen MR) is 47.0 cm³/mol. The van der Waals surface area contributed by atoms with E-state index in [0.717, 1.165) is 18.1 Å². The van der Waals surface area contributed by atoms with Gasteiger partial charge in [-0.3, -0.25) is 4.79 Å². The molecule has 0 aromatic carbocycles. The molecule has 64 valence electrons. The fourth-order valence-corrected chi connectivity index (χ4v) is 2.06. The van der Waals surface area contributed by atoms with Crippen LogP contribution in [0.1, 0.15) is 32.1 Å². The lowest BCUT2D eigenvalue weighted by atomic mass is 10.1. The summed E-state index contributed by atoms with van der Waals surface area (Å²) < 4.78 is 0. The zero-order valence-electron chi connectivity index (χ0n) is 6.58. The van der Waals surface area contributed by atoms with Gasteiger partial charge in [-0.1, -0.05) is 6.42 Å². The van der Waals surface area contributed by atoms with Crippen molar-refractivity contribution in [2.45, 2.75) is 37.4 Å². The molecule has 1 unspecified atom stereocenters. The Bertz CT molecular complexity index is 132. The quantitative estimate of drug-likeness (QED) is 0.649. The van der Waals surface area contributed by atoms with Gasteiger partial charge in [-0.15, -0.1) is 0 Å². The first-order chi connectivity index (χ1) is 5.29. The van der Waals surface area contributed by atoms with Crippen LogP contribution in [0.3, 0.4) is 0 Å². The van der Waals surface area contributed by atoms with Gasteiger partial charge in [-0.05, 0) is 25.0 Å². The SMILES string of the molecule is O=C(O)CCCCC1CCS1. The summed E-state index contributed by atoms with van der Waals surface area (Å²) in [4.78, 5) is 10.1. The van der Waals surface area contributed by atoms with Crippen molar-refractivity contribution in [1.82, 2.24) is 0 Å². The highest BCUT2D eigenvalue weighted by Gasteiger charge is 2.16. The van der Waals surface area contributed by atoms with E-state index in [1.165, 1.54) is 18.6 Å². The summed E-state index contributed by atoms with van der Waals surface area (Å²) in [5.41, 5.74) is 0. The van der Waals surface area contributed by atoms with E-state index in [2.05, 4.69) is 0 Å². The summed E-state index contributed by atoms with van der Waals surface area (Å²) in [7, 11) is 0. The Hall–Kier alpha value is -0.180. The molecule has 3 heteroatoms. The van der Waals surface area contributed by atoms with Gasteiger partial charge in [0, 0.05) is 11.7 Å². The normalized spacial score (nSPS) is 22.7. The molecule has 0 aromatic heterocycles. The lowest BCUT2D eigenvalue weighted by Gasteiger charge is -2.24. The van der Waals surface area contributed by atoms with E-state index in [0.29, 0.717) is 6.42 Å². The highest BCUT2D eigenvalue weighted by molar-refractivity contribution is 8.01. The van der Waals surface area contributed by atoms with Crippen molar-refractivity contribution in [3.8, 4) is 0 Å². The second-order valence-corrected chi connectivity index (χ2v) is 4.33. The molecule has 0 aliphatic carbocycles. The van der Waals surface area contributed by atoms with E-state index in [4.69, 9.17) is 5.11 Å². The van der Waals surface area contributed by atoms with Crippen LogP contribution in [0.15, 0.2) is 0 Å². The molecule has 0 radical (unpaired) electrons. The first-order valence-corrected chi connectivity index (χ1v) is 5.17. The summed E-state index contributed by atoms with van der Waals surface area (Å²) in [6.45, 7) is 0. The van der Waals surface area contributed by atoms with Gasteiger partial charge in [-0.2, -0.15) is 11.8 Å². The Morgan fingerprint density at radius 2 is 2.27 bits per heavy atom. The predicted octanol–water partition coefficient (Wildman–Crippen LogP) is 2.14. The van der Waals surface area contributed by atoms with Gasteiger partial charge in [0.2, 0.25) is 0 Å². The van der Waals surface area contributed by atoms with E-state index in [1.54, 1.807) is 0 Å². The fourth-order valence-electron chi connectivity index (χ4n) is 1.16. The molecule has 0 amide bonds. The second kappa shape index (κ2) is 4.65. The molecular weight excluding hydrogens is 160 g/mol. The van der Waals surface area contributed by atoms with Crippen LogP contribution in [0.2, 0.25) is 0 Å². The van der Waals surface area contributed by atoms with E-state index < -0.39 is 5.97 Å². The average Bonchev–Trinajstić information content (AvgIpc) is 1.82. The molecule has 1 rings (SSSR count). The zero-order chi connectivity index (χ0) is 8.10. The standard InChI is InChI=1S/C8H14O2S/c9-8(10)4-2-1-3-7-5-6-11-7/h7H,1-6H2,(H,9,10). The van der Waals surface area contributed by atoms with Crippen molar-refractivity contribution in [2.75, 3.05) is 5.75 Å². The Kier molecular flexibility index (Phi) is 3.77. The topological polar surface area (TPSA) is 37.3 Å². The highest BCUT2D eigenvalue weighted by Crippen LogP contribution is 2.31. The molecule has 1 saturated heterocycles. The smallest absolute Gasteiger partial charge is 0.303 e. The molecule has 11 heavy (non-hydrogen) atoms. The van der Waals surface area contributed by atoms with Crippen molar-refractivity contribution in [3.63, 3.8) is 0 Å². The first-order valence-electron chi connectivity index (χ1n) is 4.12. The molecule has 1 aliphatic rings. The number of carboxylic acid groups (broad SMARTS) is 1. The van der Waals surface area contributed by atoms with Gasteiger partial charge in [0.15, 0.2) is 0 Å². The molecular formula is C8H14O2S. The number of thioether (sulfide) groups is 1. The van der Waals surface area contributed by atoms with Crippen molar-refractivity contribution >= 4 is 17.7 Å². The minimum Gasteiger partial charge on any atom is -0.481 e. The lowest BCUT2D eigenvalue weighted by molar-refractivity contribution is -0.137. The molecule has 1 fully saturated rings. The Morgan fingerprint density at radius 3 is 2.73 bits per heavy atom. The third kappa shape index (κ3) is 3.65. The maximum atomic E-state index is 10.1. The number of unbranched alkanes of at least 4 members (excludes halogenated alkanes) is 1. The monoisotopic (exact) mass is 174 g/mol. The van der Waals surface area contributed by atoms with Crippen molar-refractivity contribution < 1.29 is 9.90 Å². The van der Waals surface area contributed by atoms with E-state index in [-0.39, 0.29) is 0 Å². The summed E-state index contributed by atoms with van der Waals surface area (Å²) in [5, 5.41) is 9.20. The molecule has 2 nitrogen and oxygen atoms in total. The Labute approximate surface area is 71.4 Å². The summed E-state index contributed by atoms with van der Waals surface area (Å²) in [6.07, 6.45) is 4.85. The van der Waals surface area contributed by atoms with Crippen molar-refractivity contribution in [1.29, 1.82) is 0 Å². The number of rotatable bonds is 5. The van der Waals surface area contributed by atoms with E-state index >= 15 is 0 Å². The Balaban J connectivity index is 1.83. The largest absolute Gasteiger partial charge is 0.481 e. The van der Waals surface area contributed by atoms with Crippen LogP contribution in [-0.4, -0.2) is 22.1 Å². The summed E-state index contributed by atoms with van der Waals surface area (Å²) in [6, 6.07) is 0. The third-order valence-corrected chi connectivity index (χ3v) is 3.37. The second-order valence-electron chi connectivity index (χ2n) is 2.92. The number of hydrogen-bond donors (Lipinski definition) is 1. The van der Waals surface area contributed by atoms with Crippen LogP contribution < -0.4 is 0 Å². The highest BCUT2D eigenvalue weighted by atomic mass is 32.2. The Morgan fingerprint density at radius 1 is 1.55 bits per heavy atom. The number of aliphatic carboxylic acids is 1. The van der Waals surface area contributed by atoms with Crippen LogP contribution in [0.5, 0.6) is 0 Å². The third-order valence-electron chi connectivity index (χ3n) is 1.96. The molecule has 0 spiro atoms. The van der Waals surface area contributed by atoms with Gasteiger partial charge in [-0.25, -0.2) is 0 Å². The zero-order valence-corrected chi connectivity index (χ0v) is 7.40. The van der Waals surface area contributed by atoms with Gasteiger partial charge in [0.05, 0.1) is 0 Å². The number of carbonyl (C=O) groups is 1. The number of hydrogen-bond acceptors (Lipinski definition) is 2. The first kappa shape index (κ1) is 8.91. The maximum absolute atomic E-state index is 10.1. The molecule has 1 aliphatic heterocycles. The molecule has 0 bridgehead atoms. The van der Waals surface area contributed by atoms with Crippen LogP contribution in [0.4, 0.5) is 0 Å².